The maximum atomic E-state index is 13.8. The number of hydrogen-bond acceptors (Lipinski definition) is 8. The van der Waals surface area contributed by atoms with Gasteiger partial charge in [0.05, 0.1) is 12.6 Å². The van der Waals surface area contributed by atoms with Crippen molar-refractivity contribution in [1.29, 1.82) is 0 Å². The highest BCUT2D eigenvalue weighted by Crippen LogP contribution is 2.32. The molecule has 0 unspecified atom stereocenters. The van der Waals surface area contributed by atoms with Gasteiger partial charge in [-0.3, -0.25) is 19.2 Å². The van der Waals surface area contributed by atoms with Crippen LogP contribution in [0.1, 0.15) is 47.4 Å². The molecule has 2 aliphatic rings. The summed E-state index contributed by atoms with van der Waals surface area (Å²) < 4.78 is 4.72. The molecule has 3 heterocycles. The van der Waals surface area contributed by atoms with Gasteiger partial charge in [0.25, 0.3) is 11.8 Å². The minimum absolute atomic E-state index is 0.0769. The fraction of sp³-hybridized carbons (Fsp3) is 0.429. The van der Waals surface area contributed by atoms with Crippen LogP contribution < -0.4 is 10.2 Å². The Bertz CT molecular complexity index is 1420. The van der Waals surface area contributed by atoms with Crippen molar-refractivity contribution in [3.05, 3.63) is 53.6 Å². The zero-order valence-electron chi connectivity index (χ0n) is 22.5. The lowest BCUT2D eigenvalue weighted by molar-refractivity contribution is -0.138. The van der Waals surface area contributed by atoms with Crippen molar-refractivity contribution in [3.63, 3.8) is 0 Å². The molecule has 0 aliphatic carbocycles. The summed E-state index contributed by atoms with van der Waals surface area (Å²) in [5.41, 5.74) is 2.78. The maximum absolute atomic E-state index is 13.8. The van der Waals surface area contributed by atoms with Crippen molar-refractivity contribution < 1.29 is 23.8 Å². The second-order valence-electron chi connectivity index (χ2n) is 10.8. The first-order valence-electron chi connectivity index (χ1n) is 13.1. The summed E-state index contributed by atoms with van der Waals surface area (Å²) >= 11 is 0. The molecule has 2 saturated heterocycles. The van der Waals surface area contributed by atoms with Crippen LogP contribution >= 0.6 is 0 Å². The van der Waals surface area contributed by atoms with Gasteiger partial charge in [0, 0.05) is 37.5 Å². The number of aromatic nitrogens is 2. The molecule has 3 atom stereocenters. The van der Waals surface area contributed by atoms with E-state index >= 15 is 0 Å². The summed E-state index contributed by atoms with van der Waals surface area (Å²) in [6, 6.07) is 10.1. The third-order valence-electron chi connectivity index (χ3n) is 7.42. The fourth-order valence-corrected chi connectivity index (χ4v) is 5.47. The molecular weight excluding hydrogens is 500 g/mol. The number of likely N-dealkylation sites (tertiary alicyclic amines) is 2. The van der Waals surface area contributed by atoms with Crippen LogP contribution in [0.5, 0.6) is 0 Å². The largest absolute Gasteiger partial charge is 0.378 e. The molecule has 11 nitrogen and oxygen atoms in total. The van der Waals surface area contributed by atoms with Gasteiger partial charge in [-0.25, -0.2) is 4.63 Å². The highest BCUT2D eigenvalue weighted by atomic mass is 16.6. The van der Waals surface area contributed by atoms with E-state index in [1.165, 1.54) is 4.90 Å². The molecule has 11 heteroatoms. The number of carbonyl (C=O) groups is 4. The van der Waals surface area contributed by atoms with E-state index in [4.69, 9.17) is 4.63 Å². The lowest BCUT2D eigenvalue weighted by Gasteiger charge is -2.29. The highest BCUT2D eigenvalue weighted by Gasteiger charge is 2.52. The highest BCUT2D eigenvalue weighted by molar-refractivity contribution is 6.04. The van der Waals surface area contributed by atoms with Gasteiger partial charge in [-0.1, -0.05) is 13.8 Å². The van der Waals surface area contributed by atoms with Crippen molar-refractivity contribution in [3.8, 4) is 0 Å². The molecule has 204 valence electrons. The van der Waals surface area contributed by atoms with E-state index in [2.05, 4.69) is 15.6 Å². The van der Waals surface area contributed by atoms with Crippen LogP contribution in [0.4, 0.5) is 5.69 Å². The molecular formula is C28H32N6O5. The van der Waals surface area contributed by atoms with E-state index in [0.29, 0.717) is 41.5 Å². The predicted molar refractivity (Wildman–Crippen MR) is 143 cm³/mol. The Morgan fingerprint density at radius 3 is 2.41 bits per heavy atom. The van der Waals surface area contributed by atoms with E-state index in [9.17, 15) is 19.2 Å². The molecule has 1 N–H and O–H groups in total. The van der Waals surface area contributed by atoms with Gasteiger partial charge >= 0.3 is 0 Å². The van der Waals surface area contributed by atoms with E-state index in [-0.39, 0.29) is 36.0 Å². The summed E-state index contributed by atoms with van der Waals surface area (Å²) in [5.74, 6) is -0.998. The van der Waals surface area contributed by atoms with Crippen LogP contribution in [0.15, 0.2) is 47.1 Å². The summed E-state index contributed by atoms with van der Waals surface area (Å²) in [5, 5.41) is 10.5. The summed E-state index contributed by atoms with van der Waals surface area (Å²) in [6.07, 6.45) is 0.910. The number of anilines is 1. The van der Waals surface area contributed by atoms with Crippen LogP contribution in [-0.2, 0) is 9.59 Å². The molecule has 1 aromatic heterocycles. The number of rotatable bonds is 7. The standard InChI is InChI=1S/C28H32N6O5/c1-16(2)13-22(29-26(36)17-5-8-19(9-6-17)32(3)4)28(38)33-12-11-23-25(33)24(35)15-34(23)27(37)18-7-10-20-21(14-18)31-39-30-20/h5-10,14,16,22-23,25H,11-13,15H2,1-4H3,(H,29,36)/t22-,23+,25-/m0/s1. The van der Waals surface area contributed by atoms with Gasteiger partial charge in [-0.05, 0) is 71.5 Å². The smallest absolute Gasteiger partial charge is 0.254 e. The Morgan fingerprint density at radius 1 is 1.03 bits per heavy atom. The SMILES string of the molecule is CC(C)C[C@H](NC(=O)c1ccc(N(C)C)cc1)C(=O)N1CC[C@@H]2[C@H]1C(=O)CN2C(=O)c1ccc2nonc2c1. The number of nitrogens with one attached hydrogen (secondary N) is 1. The molecule has 0 bridgehead atoms. The number of fused-ring (bicyclic) bond motifs is 2. The second-order valence-corrected chi connectivity index (χ2v) is 10.8. The third kappa shape index (κ3) is 5.08. The first-order valence-corrected chi connectivity index (χ1v) is 13.1. The van der Waals surface area contributed by atoms with Crippen molar-refractivity contribution in [2.75, 3.05) is 32.1 Å². The summed E-state index contributed by atoms with van der Waals surface area (Å²) in [4.78, 5) is 58.4. The summed E-state index contributed by atoms with van der Waals surface area (Å²) in [6.45, 7) is 4.21. The van der Waals surface area contributed by atoms with Gasteiger partial charge in [-0.15, -0.1) is 0 Å². The minimum atomic E-state index is -0.788. The second kappa shape index (κ2) is 10.5. The molecule has 0 spiro atoms. The molecule has 2 aliphatic heterocycles. The number of nitrogens with zero attached hydrogens (tertiary/aromatic N) is 5. The zero-order chi connectivity index (χ0) is 27.8. The third-order valence-corrected chi connectivity index (χ3v) is 7.42. The van der Waals surface area contributed by atoms with Crippen molar-refractivity contribution >= 4 is 40.2 Å². The number of hydrogen-bond donors (Lipinski definition) is 1. The van der Waals surface area contributed by atoms with Gasteiger partial charge < -0.3 is 20.0 Å². The van der Waals surface area contributed by atoms with E-state index in [1.807, 2.05) is 45.0 Å². The van der Waals surface area contributed by atoms with E-state index < -0.39 is 18.1 Å². The van der Waals surface area contributed by atoms with Crippen molar-refractivity contribution in [1.82, 2.24) is 25.4 Å². The van der Waals surface area contributed by atoms with E-state index in [1.54, 1.807) is 35.2 Å². The molecule has 5 rings (SSSR count). The average Bonchev–Trinajstić information content (AvgIpc) is 3.63. The predicted octanol–water partition coefficient (Wildman–Crippen LogP) is 2.13. The first-order chi connectivity index (χ1) is 18.6. The number of benzene rings is 2. The molecule has 3 aromatic rings. The molecule has 0 radical (unpaired) electrons. The Hall–Kier alpha value is -4.28. The van der Waals surface area contributed by atoms with Crippen LogP contribution in [0.3, 0.4) is 0 Å². The number of Topliss-reactive ketones (excluding diaryl/α,β-unsaturated/α-hetero) is 1. The topological polar surface area (TPSA) is 129 Å². The zero-order valence-corrected chi connectivity index (χ0v) is 22.5. The molecule has 39 heavy (non-hydrogen) atoms. The maximum Gasteiger partial charge on any atom is 0.254 e. The Morgan fingerprint density at radius 2 is 1.72 bits per heavy atom. The van der Waals surface area contributed by atoms with Gasteiger partial charge in [0.1, 0.15) is 23.1 Å². The Labute approximate surface area is 226 Å². The fourth-order valence-electron chi connectivity index (χ4n) is 5.47. The van der Waals surface area contributed by atoms with E-state index in [0.717, 1.165) is 5.69 Å². The first kappa shape index (κ1) is 26.3. The number of ketones is 1. The normalized spacial score (nSPS) is 19.5. The number of carbonyl (C=O) groups excluding carboxylic acids is 4. The average molecular weight is 533 g/mol. The van der Waals surface area contributed by atoms with Crippen molar-refractivity contribution in [2.45, 2.75) is 44.8 Å². The quantitative estimate of drug-likeness (QED) is 0.490. The van der Waals surface area contributed by atoms with Gasteiger partial charge in [-0.2, -0.15) is 0 Å². The van der Waals surface area contributed by atoms with Crippen LogP contribution in [0.25, 0.3) is 11.0 Å². The number of amides is 3. The van der Waals surface area contributed by atoms with Crippen LogP contribution in [0, 0.1) is 5.92 Å². The molecule has 0 saturated carbocycles. The van der Waals surface area contributed by atoms with Crippen LogP contribution in [-0.4, -0.2) is 88.9 Å². The minimum Gasteiger partial charge on any atom is -0.378 e. The molecule has 2 aromatic carbocycles. The lowest BCUT2D eigenvalue weighted by Crippen LogP contribution is -2.53. The molecule has 3 amide bonds. The lowest BCUT2D eigenvalue weighted by atomic mass is 10.0. The van der Waals surface area contributed by atoms with Crippen molar-refractivity contribution in [2.24, 2.45) is 5.92 Å². The van der Waals surface area contributed by atoms with Crippen LogP contribution in [0.2, 0.25) is 0 Å². The van der Waals surface area contributed by atoms with Gasteiger partial charge in [0.15, 0.2) is 5.78 Å². The summed E-state index contributed by atoms with van der Waals surface area (Å²) in [7, 11) is 3.84. The Kier molecular flexibility index (Phi) is 7.07. The Balaban J connectivity index is 1.32. The molecule has 2 fully saturated rings. The van der Waals surface area contributed by atoms with Gasteiger partial charge in [0.2, 0.25) is 5.91 Å². The monoisotopic (exact) mass is 532 g/mol.